The van der Waals surface area contributed by atoms with Crippen molar-refractivity contribution in [2.45, 2.75) is 47.1 Å². The molecule has 0 aliphatic rings. The van der Waals surface area contributed by atoms with Crippen LogP contribution in [-0.2, 0) is 0 Å². The molecule has 0 bridgehead atoms. The Hall–Kier alpha value is -1.32. The van der Waals surface area contributed by atoms with Gasteiger partial charge in [-0.1, -0.05) is 6.92 Å². The van der Waals surface area contributed by atoms with Crippen molar-refractivity contribution in [3.63, 3.8) is 0 Å². The molecule has 0 aliphatic heterocycles. The van der Waals surface area contributed by atoms with Crippen LogP contribution in [0.25, 0.3) is 0 Å². The number of hydrogen-bond acceptors (Lipinski definition) is 2. The Morgan fingerprint density at radius 3 is 2.44 bits per heavy atom. The summed E-state index contributed by atoms with van der Waals surface area (Å²) < 4.78 is 0. The highest BCUT2D eigenvalue weighted by Gasteiger charge is 2.23. The first-order valence-electron chi connectivity index (χ1n) is 5.85. The molecule has 1 amide bonds. The maximum absolute atomic E-state index is 12.3. The highest BCUT2D eigenvalue weighted by molar-refractivity contribution is 5.96. The zero-order valence-electron chi connectivity index (χ0n) is 10.8. The third-order valence-corrected chi connectivity index (χ3v) is 3.07. The lowest BCUT2D eigenvalue weighted by Crippen LogP contribution is -2.38. The zero-order chi connectivity index (χ0) is 12.3. The molecule has 0 saturated heterocycles. The molecular formula is C12H21N3O. The first-order chi connectivity index (χ1) is 7.52. The van der Waals surface area contributed by atoms with Crippen molar-refractivity contribution in [1.29, 1.82) is 0 Å². The Labute approximate surface area is 97.0 Å². The first kappa shape index (κ1) is 12.7. The van der Waals surface area contributed by atoms with Crippen LogP contribution in [0.15, 0.2) is 0 Å². The van der Waals surface area contributed by atoms with Gasteiger partial charge in [-0.3, -0.25) is 9.89 Å². The number of aromatic nitrogens is 2. The standard InChI is InChI=1S/C12H21N3O/c1-6-8(3)15(7-2)12(16)11-9(4)13-14-10(11)5/h8H,6-7H2,1-5H3,(H,13,14). The van der Waals surface area contributed by atoms with Gasteiger partial charge in [-0.2, -0.15) is 5.10 Å². The van der Waals surface area contributed by atoms with Crippen molar-refractivity contribution in [3.05, 3.63) is 17.0 Å². The summed E-state index contributed by atoms with van der Waals surface area (Å²) in [5, 5.41) is 6.92. The Morgan fingerprint density at radius 2 is 2.06 bits per heavy atom. The molecule has 1 heterocycles. The van der Waals surface area contributed by atoms with Crippen molar-refractivity contribution in [2.75, 3.05) is 6.54 Å². The molecule has 1 atom stereocenters. The van der Waals surface area contributed by atoms with Crippen molar-refractivity contribution in [2.24, 2.45) is 0 Å². The van der Waals surface area contributed by atoms with Crippen LogP contribution in [0.1, 0.15) is 48.9 Å². The van der Waals surface area contributed by atoms with Crippen LogP contribution in [0.2, 0.25) is 0 Å². The van der Waals surface area contributed by atoms with Gasteiger partial charge in [-0.05, 0) is 34.1 Å². The van der Waals surface area contributed by atoms with E-state index in [0.717, 1.165) is 29.9 Å². The van der Waals surface area contributed by atoms with Crippen molar-refractivity contribution in [1.82, 2.24) is 15.1 Å². The van der Waals surface area contributed by atoms with Gasteiger partial charge in [-0.25, -0.2) is 0 Å². The monoisotopic (exact) mass is 223 g/mol. The minimum absolute atomic E-state index is 0.0839. The second-order valence-electron chi connectivity index (χ2n) is 4.16. The third kappa shape index (κ3) is 2.26. The predicted molar refractivity (Wildman–Crippen MR) is 64.5 cm³/mol. The van der Waals surface area contributed by atoms with Crippen LogP contribution in [0.5, 0.6) is 0 Å². The molecular weight excluding hydrogens is 202 g/mol. The van der Waals surface area contributed by atoms with E-state index in [-0.39, 0.29) is 11.9 Å². The number of nitrogens with zero attached hydrogens (tertiary/aromatic N) is 2. The molecule has 4 heteroatoms. The molecule has 4 nitrogen and oxygen atoms in total. The smallest absolute Gasteiger partial charge is 0.257 e. The second-order valence-corrected chi connectivity index (χ2v) is 4.16. The SMILES string of the molecule is CCC(C)N(CC)C(=O)c1c(C)n[nH]c1C. The lowest BCUT2D eigenvalue weighted by Gasteiger charge is -2.27. The Morgan fingerprint density at radius 1 is 1.44 bits per heavy atom. The minimum Gasteiger partial charge on any atom is -0.336 e. The van der Waals surface area contributed by atoms with E-state index in [1.165, 1.54) is 0 Å². The molecule has 0 saturated carbocycles. The molecule has 16 heavy (non-hydrogen) atoms. The Kier molecular flexibility index (Phi) is 4.10. The van der Waals surface area contributed by atoms with Crippen LogP contribution in [0, 0.1) is 13.8 Å². The molecule has 1 aromatic rings. The Bertz CT molecular complexity index is 351. The maximum atomic E-state index is 12.3. The largest absolute Gasteiger partial charge is 0.336 e. The Balaban J connectivity index is 3.00. The van der Waals surface area contributed by atoms with Crippen LogP contribution in [0.4, 0.5) is 0 Å². The summed E-state index contributed by atoms with van der Waals surface area (Å²) in [6.45, 7) is 10.7. The number of rotatable bonds is 4. The number of aryl methyl sites for hydroxylation is 2. The number of nitrogens with one attached hydrogen (secondary N) is 1. The summed E-state index contributed by atoms with van der Waals surface area (Å²) in [4.78, 5) is 14.2. The summed E-state index contributed by atoms with van der Waals surface area (Å²) in [7, 11) is 0. The van der Waals surface area contributed by atoms with Gasteiger partial charge in [-0.15, -0.1) is 0 Å². The first-order valence-corrected chi connectivity index (χ1v) is 5.85. The van der Waals surface area contributed by atoms with Crippen molar-refractivity contribution >= 4 is 5.91 Å². The summed E-state index contributed by atoms with van der Waals surface area (Å²) in [6, 6.07) is 0.270. The minimum atomic E-state index is 0.0839. The fourth-order valence-corrected chi connectivity index (χ4v) is 1.89. The fourth-order valence-electron chi connectivity index (χ4n) is 1.89. The molecule has 0 aromatic carbocycles. The highest BCUT2D eigenvalue weighted by atomic mass is 16.2. The molecule has 90 valence electrons. The average molecular weight is 223 g/mol. The zero-order valence-corrected chi connectivity index (χ0v) is 10.8. The predicted octanol–water partition coefficient (Wildman–Crippen LogP) is 2.29. The summed E-state index contributed by atoms with van der Waals surface area (Å²) >= 11 is 0. The number of carbonyl (C=O) groups is 1. The molecule has 1 aromatic heterocycles. The molecule has 1 unspecified atom stereocenters. The molecule has 1 rings (SSSR count). The lowest BCUT2D eigenvalue weighted by molar-refractivity contribution is 0.0698. The van der Waals surface area contributed by atoms with Crippen LogP contribution >= 0.6 is 0 Å². The fraction of sp³-hybridized carbons (Fsp3) is 0.667. The molecule has 0 aliphatic carbocycles. The van der Waals surface area contributed by atoms with Crippen molar-refractivity contribution in [3.8, 4) is 0 Å². The number of amides is 1. The topological polar surface area (TPSA) is 49.0 Å². The molecule has 0 radical (unpaired) electrons. The summed E-state index contributed by atoms with van der Waals surface area (Å²) in [5.74, 6) is 0.0839. The number of H-pyrrole nitrogens is 1. The van der Waals surface area contributed by atoms with E-state index in [1.807, 2.05) is 25.7 Å². The van der Waals surface area contributed by atoms with Crippen LogP contribution in [-0.4, -0.2) is 33.6 Å². The van der Waals surface area contributed by atoms with E-state index >= 15 is 0 Å². The van der Waals surface area contributed by atoms with E-state index in [4.69, 9.17) is 0 Å². The number of carbonyl (C=O) groups excluding carboxylic acids is 1. The van der Waals surface area contributed by atoms with E-state index in [9.17, 15) is 4.79 Å². The maximum Gasteiger partial charge on any atom is 0.257 e. The van der Waals surface area contributed by atoms with Gasteiger partial charge in [0.2, 0.25) is 0 Å². The van der Waals surface area contributed by atoms with Crippen molar-refractivity contribution < 1.29 is 4.79 Å². The highest BCUT2D eigenvalue weighted by Crippen LogP contribution is 2.15. The van der Waals surface area contributed by atoms with Crippen LogP contribution < -0.4 is 0 Å². The van der Waals surface area contributed by atoms with Gasteiger partial charge in [0.1, 0.15) is 0 Å². The van der Waals surface area contributed by atoms with Gasteiger partial charge >= 0.3 is 0 Å². The molecule has 1 N–H and O–H groups in total. The number of aromatic amines is 1. The van der Waals surface area contributed by atoms with E-state index < -0.39 is 0 Å². The van der Waals surface area contributed by atoms with Gasteiger partial charge in [0, 0.05) is 18.3 Å². The van der Waals surface area contributed by atoms with Gasteiger partial charge in [0.05, 0.1) is 11.3 Å². The summed E-state index contributed by atoms with van der Waals surface area (Å²) in [5.41, 5.74) is 2.36. The average Bonchev–Trinajstić information content (AvgIpc) is 2.59. The van der Waals surface area contributed by atoms with E-state index in [1.54, 1.807) is 0 Å². The van der Waals surface area contributed by atoms with E-state index in [2.05, 4.69) is 24.0 Å². The quantitative estimate of drug-likeness (QED) is 0.851. The number of hydrogen-bond donors (Lipinski definition) is 1. The van der Waals surface area contributed by atoms with Gasteiger partial charge < -0.3 is 4.90 Å². The van der Waals surface area contributed by atoms with Gasteiger partial charge in [0.25, 0.3) is 5.91 Å². The summed E-state index contributed by atoms with van der Waals surface area (Å²) in [6.07, 6.45) is 0.968. The lowest BCUT2D eigenvalue weighted by atomic mass is 10.1. The molecule has 0 fully saturated rings. The third-order valence-electron chi connectivity index (χ3n) is 3.07. The second kappa shape index (κ2) is 5.14. The van der Waals surface area contributed by atoms with E-state index in [0.29, 0.717) is 0 Å². The molecule has 0 spiro atoms. The normalized spacial score (nSPS) is 12.6. The van der Waals surface area contributed by atoms with Crippen LogP contribution in [0.3, 0.4) is 0 Å². The van der Waals surface area contributed by atoms with Gasteiger partial charge in [0.15, 0.2) is 0 Å².